The second kappa shape index (κ2) is 7.74. The van der Waals surface area contributed by atoms with E-state index in [1.165, 1.54) is 4.90 Å². The Hall–Kier alpha value is -3.32. The molecule has 1 aliphatic rings. The Morgan fingerprint density at radius 3 is 2.32 bits per heavy atom. The number of amides is 4. The van der Waals surface area contributed by atoms with Gasteiger partial charge in [-0.05, 0) is 38.1 Å². The zero-order valence-corrected chi connectivity index (χ0v) is 15.9. The number of hydroxylamine groups is 2. The fraction of sp³-hybridized carbons (Fsp3) is 0.238. The smallest absolute Gasteiger partial charge is 0.311 e. The normalized spacial score (nSPS) is 18.1. The number of para-hydroxylation sites is 2. The number of hydrogen-bond donors (Lipinski definition) is 2. The monoisotopic (exact) mass is 380 g/mol. The molecule has 7 nitrogen and oxygen atoms in total. The van der Waals surface area contributed by atoms with E-state index in [4.69, 9.17) is 0 Å². The van der Waals surface area contributed by atoms with Crippen LogP contribution >= 0.6 is 0 Å². The number of benzene rings is 2. The SMILES string of the molecule is C=CCN1C(=O)N(c2ccccc2)[C@H](N(O)C(=O)Nc2ccccc2)C1(C)C. The molecule has 0 unspecified atom stereocenters. The molecule has 7 heteroatoms. The van der Waals surface area contributed by atoms with Gasteiger partial charge in [0.15, 0.2) is 6.17 Å². The fourth-order valence-corrected chi connectivity index (χ4v) is 3.44. The second-order valence-electron chi connectivity index (χ2n) is 7.06. The van der Waals surface area contributed by atoms with Crippen molar-refractivity contribution in [2.24, 2.45) is 0 Å². The summed E-state index contributed by atoms with van der Waals surface area (Å²) in [6.45, 7) is 7.62. The molecule has 0 bridgehead atoms. The Morgan fingerprint density at radius 2 is 1.75 bits per heavy atom. The minimum absolute atomic E-state index is 0.291. The summed E-state index contributed by atoms with van der Waals surface area (Å²) in [5, 5.41) is 14.1. The van der Waals surface area contributed by atoms with Crippen LogP contribution in [0.5, 0.6) is 0 Å². The Kier molecular flexibility index (Phi) is 5.37. The lowest BCUT2D eigenvalue weighted by atomic mass is 10.00. The zero-order chi connectivity index (χ0) is 20.3. The van der Waals surface area contributed by atoms with Crippen molar-refractivity contribution in [2.75, 3.05) is 16.8 Å². The van der Waals surface area contributed by atoms with Crippen LogP contribution in [0.2, 0.25) is 0 Å². The van der Waals surface area contributed by atoms with Crippen molar-refractivity contribution in [1.82, 2.24) is 9.96 Å². The molecular formula is C21H24N4O3. The van der Waals surface area contributed by atoms with Crippen LogP contribution in [0, 0.1) is 0 Å². The summed E-state index contributed by atoms with van der Waals surface area (Å²) in [5.41, 5.74) is 0.260. The summed E-state index contributed by atoms with van der Waals surface area (Å²) in [6, 6.07) is 16.8. The summed E-state index contributed by atoms with van der Waals surface area (Å²) < 4.78 is 0. The van der Waals surface area contributed by atoms with Crippen molar-refractivity contribution in [2.45, 2.75) is 25.6 Å². The standard InChI is InChI=1S/C21H24N4O3/c1-4-15-23-20(27)24(17-13-9-6-10-14-17)18(21(23,2)3)25(28)19(26)22-16-11-7-5-8-12-16/h4-14,18,28H,1,15H2,2-3H3,(H,22,26)/t18-/m1/s1. The van der Waals surface area contributed by atoms with Crippen LogP contribution in [-0.2, 0) is 0 Å². The number of nitrogens with one attached hydrogen (secondary N) is 1. The van der Waals surface area contributed by atoms with Crippen molar-refractivity contribution < 1.29 is 14.8 Å². The van der Waals surface area contributed by atoms with Crippen LogP contribution in [-0.4, -0.2) is 45.5 Å². The first-order valence-electron chi connectivity index (χ1n) is 8.99. The van der Waals surface area contributed by atoms with E-state index < -0.39 is 17.7 Å². The minimum Gasteiger partial charge on any atom is -0.311 e. The molecule has 1 fully saturated rings. The summed E-state index contributed by atoms with van der Waals surface area (Å²) in [5.74, 6) is 0. The summed E-state index contributed by atoms with van der Waals surface area (Å²) in [7, 11) is 0. The summed E-state index contributed by atoms with van der Waals surface area (Å²) in [6.07, 6.45) is 0.683. The van der Waals surface area contributed by atoms with Crippen molar-refractivity contribution in [1.29, 1.82) is 0 Å². The van der Waals surface area contributed by atoms with Gasteiger partial charge in [0, 0.05) is 17.9 Å². The Bertz CT molecular complexity index is 854. The first-order chi connectivity index (χ1) is 13.4. The van der Waals surface area contributed by atoms with E-state index >= 15 is 0 Å². The van der Waals surface area contributed by atoms with Crippen LogP contribution in [0.3, 0.4) is 0 Å². The number of rotatable bonds is 5. The van der Waals surface area contributed by atoms with Crippen molar-refractivity contribution in [3.63, 3.8) is 0 Å². The van der Waals surface area contributed by atoms with E-state index in [1.807, 2.05) is 12.1 Å². The number of nitrogens with zero attached hydrogens (tertiary/aromatic N) is 3. The van der Waals surface area contributed by atoms with Gasteiger partial charge in [-0.25, -0.2) is 9.59 Å². The molecule has 2 aromatic carbocycles. The first-order valence-corrected chi connectivity index (χ1v) is 8.99. The van der Waals surface area contributed by atoms with E-state index in [0.29, 0.717) is 23.0 Å². The Balaban J connectivity index is 1.97. The molecule has 0 radical (unpaired) electrons. The van der Waals surface area contributed by atoms with Crippen LogP contribution < -0.4 is 10.2 Å². The van der Waals surface area contributed by atoms with Gasteiger partial charge in [-0.3, -0.25) is 10.1 Å². The van der Waals surface area contributed by atoms with Crippen LogP contribution in [0.25, 0.3) is 0 Å². The number of carbonyl (C=O) groups is 2. The predicted octanol–water partition coefficient (Wildman–Crippen LogP) is 4.14. The highest BCUT2D eigenvalue weighted by Gasteiger charge is 2.55. The molecule has 28 heavy (non-hydrogen) atoms. The fourth-order valence-electron chi connectivity index (χ4n) is 3.44. The van der Waals surface area contributed by atoms with Gasteiger partial charge in [0.05, 0.1) is 5.54 Å². The highest BCUT2D eigenvalue weighted by atomic mass is 16.5. The maximum absolute atomic E-state index is 13.1. The molecule has 146 valence electrons. The van der Waals surface area contributed by atoms with Crippen molar-refractivity contribution in [3.05, 3.63) is 73.3 Å². The average molecular weight is 380 g/mol. The van der Waals surface area contributed by atoms with Gasteiger partial charge in [0.1, 0.15) is 0 Å². The molecule has 3 rings (SSSR count). The number of carbonyl (C=O) groups excluding carboxylic acids is 2. The maximum Gasteiger partial charge on any atom is 0.347 e. The first kappa shape index (κ1) is 19.4. The quantitative estimate of drug-likeness (QED) is 0.465. The maximum atomic E-state index is 13.1. The molecule has 0 aromatic heterocycles. The van der Waals surface area contributed by atoms with Gasteiger partial charge in [-0.1, -0.05) is 42.5 Å². The summed E-state index contributed by atoms with van der Waals surface area (Å²) in [4.78, 5) is 28.9. The van der Waals surface area contributed by atoms with E-state index in [0.717, 1.165) is 0 Å². The molecule has 2 aromatic rings. The molecule has 1 heterocycles. The molecule has 1 aliphatic heterocycles. The van der Waals surface area contributed by atoms with E-state index in [-0.39, 0.29) is 6.03 Å². The number of urea groups is 2. The van der Waals surface area contributed by atoms with Gasteiger partial charge < -0.3 is 10.2 Å². The molecule has 1 saturated heterocycles. The second-order valence-corrected chi connectivity index (χ2v) is 7.06. The Labute approximate surface area is 164 Å². The van der Waals surface area contributed by atoms with Crippen LogP contribution in [0.4, 0.5) is 21.0 Å². The third-order valence-electron chi connectivity index (χ3n) is 4.82. The highest BCUT2D eigenvalue weighted by molar-refractivity contribution is 5.98. The average Bonchev–Trinajstić information content (AvgIpc) is 2.89. The van der Waals surface area contributed by atoms with E-state index in [2.05, 4.69) is 11.9 Å². The topological polar surface area (TPSA) is 76.1 Å². The third kappa shape index (κ3) is 3.44. The van der Waals surface area contributed by atoms with Gasteiger partial charge in [0.2, 0.25) is 0 Å². The molecule has 0 spiro atoms. The molecule has 2 N–H and O–H groups in total. The molecule has 0 aliphatic carbocycles. The highest BCUT2D eigenvalue weighted by Crippen LogP contribution is 2.37. The van der Waals surface area contributed by atoms with Gasteiger partial charge in [0.25, 0.3) is 0 Å². The van der Waals surface area contributed by atoms with Gasteiger partial charge in [-0.15, -0.1) is 6.58 Å². The minimum atomic E-state index is -0.939. The van der Waals surface area contributed by atoms with Crippen molar-refractivity contribution >= 4 is 23.4 Å². The largest absolute Gasteiger partial charge is 0.347 e. The lowest BCUT2D eigenvalue weighted by Crippen LogP contribution is -2.58. The third-order valence-corrected chi connectivity index (χ3v) is 4.82. The zero-order valence-electron chi connectivity index (χ0n) is 15.9. The lowest BCUT2D eigenvalue weighted by molar-refractivity contribution is -0.0941. The molecule has 0 saturated carbocycles. The van der Waals surface area contributed by atoms with Crippen molar-refractivity contribution in [3.8, 4) is 0 Å². The number of hydrogen-bond acceptors (Lipinski definition) is 3. The van der Waals surface area contributed by atoms with Gasteiger partial charge >= 0.3 is 12.1 Å². The van der Waals surface area contributed by atoms with Crippen LogP contribution in [0.15, 0.2) is 73.3 Å². The molecule has 4 amide bonds. The lowest BCUT2D eigenvalue weighted by Gasteiger charge is -2.38. The van der Waals surface area contributed by atoms with E-state index in [9.17, 15) is 14.8 Å². The van der Waals surface area contributed by atoms with Crippen LogP contribution in [0.1, 0.15) is 13.8 Å². The van der Waals surface area contributed by atoms with E-state index in [1.54, 1.807) is 73.4 Å². The van der Waals surface area contributed by atoms with Gasteiger partial charge in [-0.2, -0.15) is 5.06 Å². The Morgan fingerprint density at radius 1 is 1.18 bits per heavy atom. The molecular weight excluding hydrogens is 356 g/mol. The molecule has 1 atom stereocenters. The summed E-state index contributed by atoms with van der Waals surface area (Å²) >= 11 is 0. The predicted molar refractivity (Wildman–Crippen MR) is 108 cm³/mol. The number of anilines is 2.